The minimum atomic E-state index is -0.626. The van der Waals surface area contributed by atoms with Crippen LogP contribution in [0.1, 0.15) is 70.8 Å². The molecule has 2 N–H and O–H groups in total. The van der Waals surface area contributed by atoms with Crippen molar-refractivity contribution in [3.05, 3.63) is 17.7 Å². The van der Waals surface area contributed by atoms with Gasteiger partial charge in [-0.3, -0.25) is 9.59 Å². The standard InChI is InChI=1S/C29H41NO6/c1-15-11-23-29(3,19-9-10-28(2)18(24(15)19)7-8-20(28)27(32)33)14-17(26(31)30-23)16-12-21(34-4)25(36-6)22(13-16)35-5/h12-13,15,17-20,23-24H,7-11,14H2,1-6H3,(H,30,31)(H,32,33)/t15-,17?,18-,19-,20+,23+,24-,28-,29+/m0/s1. The maximum atomic E-state index is 13.5. The Balaban J connectivity index is 1.50. The van der Waals surface area contributed by atoms with Gasteiger partial charge < -0.3 is 24.6 Å². The summed E-state index contributed by atoms with van der Waals surface area (Å²) in [6.45, 7) is 6.94. The molecule has 36 heavy (non-hydrogen) atoms. The molecule has 1 aliphatic heterocycles. The first-order chi connectivity index (χ1) is 17.1. The van der Waals surface area contributed by atoms with Crippen LogP contribution >= 0.6 is 0 Å². The quantitative estimate of drug-likeness (QED) is 0.600. The van der Waals surface area contributed by atoms with Gasteiger partial charge in [-0.2, -0.15) is 0 Å². The van der Waals surface area contributed by atoms with Crippen LogP contribution < -0.4 is 19.5 Å². The normalized spacial score (nSPS) is 41.4. The third kappa shape index (κ3) is 3.52. The van der Waals surface area contributed by atoms with E-state index < -0.39 is 5.97 Å². The summed E-state index contributed by atoms with van der Waals surface area (Å²) < 4.78 is 16.7. The molecule has 7 heteroatoms. The predicted octanol–water partition coefficient (Wildman–Crippen LogP) is 4.87. The Morgan fingerprint density at radius 1 is 1.00 bits per heavy atom. The highest BCUT2D eigenvalue weighted by molar-refractivity contribution is 5.85. The molecule has 1 aromatic carbocycles. The average Bonchev–Trinajstić information content (AvgIpc) is 3.21. The summed E-state index contributed by atoms with van der Waals surface area (Å²) >= 11 is 0. The first kappa shape index (κ1) is 25.2. The molecule has 1 heterocycles. The van der Waals surface area contributed by atoms with Gasteiger partial charge in [0.05, 0.1) is 33.2 Å². The number of carbonyl (C=O) groups excluding carboxylic acids is 1. The number of piperidine rings is 1. The molecule has 7 nitrogen and oxygen atoms in total. The Morgan fingerprint density at radius 3 is 2.22 bits per heavy atom. The van der Waals surface area contributed by atoms with Crippen molar-refractivity contribution < 1.29 is 28.9 Å². The zero-order chi connectivity index (χ0) is 26.0. The van der Waals surface area contributed by atoms with E-state index in [1.807, 2.05) is 12.1 Å². The fourth-order valence-electron chi connectivity index (χ4n) is 9.11. The van der Waals surface area contributed by atoms with E-state index in [4.69, 9.17) is 14.2 Å². The van der Waals surface area contributed by atoms with E-state index >= 15 is 0 Å². The SMILES string of the molecule is COc1cc(C2C[C@@]3(C)[C@@H](C[C@H](C)[C@@H]4[C@@H]3CC[C@]3(C)[C@@H](C(=O)O)CC[C@@H]43)NC2=O)cc(OC)c1OC. The van der Waals surface area contributed by atoms with Crippen molar-refractivity contribution in [2.75, 3.05) is 21.3 Å². The fourth-order valence-corrected chi connectivity index (χ4v) is 9.11. The van der Waals surface area contributed by atoms with E-state index in [1.165, 1.54) is 0 Å². The van der Waals surface area contributed by atoms with E-state index in [2.05, 4.69) is 26.1 Å². The third-order valence-corrected chi connectivity index (χ3v) is 10.9. The van der Waals surface area contributed by atoms with Gasteiger partial charge in [-0.05, 0) is 90.7 Å². The van der Waals surface area contributed by atoms with Crippen LogP contribution in [0.15, 0.2) is 12.1 Å². The van der Waals surface area contributed by atoms with Gasteiger partial charge >= 0.3 is 5.97 Å². The van der Waals surface area contributed by atoms with Gasteiger partial charge in [0, 0.05) is 6.04 Å². The Labute approximate surface area is 214 Å². The summed E-state index contributed by atoms with van der Waals surface area (Å²) in [5.74, 6) is 2.37. The molecule has 0 spiro atoms. The van der Waals surface area contributed by atoms with Crippen LogP contribution in [-0.2, 0) is 9.59 Å². The van der Waals surface area contributed by atoms with Crippen molar-refractivity contribution in [2.24, 2.45) is 40.4 Å². The Bertz CT molecular complexity index is 1030. The second kappa shape index (κ2) is 8.84. The number of amides is 1. The molecule has 1 unspecified atom stereocenters. The van der Waals surface area contributed by atoms with Crippen LogP contribution in [0, 0.1) is 40.4 Å². The molecule has 3 saturated carbocycles. The number of methoxy groups -OCH3 is 3. The van der Waals surface area contributed by atoms with Crippen molar-refractivity contribution in [1.82, 2.24) is 5.32 Å². The number of aliphatic carboxylic acids is 1. The zero-order valence-electron chi connectivity index (χ0n) is 22.4. The summed E-state index contributed by atoms with van der Waals surface area (Å²) in [5.41, 5.74) is 0.696. The molecular formula is C29H41NO6. The Kier molecular flexibility index (Phi) is 6.19. The largest absolute Gasteiger partial charge is 0.493 e. The van der Waals surface area contributed by atoms with Crippen molar-refractivity contribution in [2.45, 2.75) is 71.3 Å². The molecule has 0 bridgehead atoms. The lowest BCUT2D eigenvalue weighted by atomic mass is 9.44. The van der Waals surface area contributed by atoms with E-state index in [-0.39, 0.29) is 34.6 Å². The highest BCUT2D eigenvalue weighted by Crippen LogP contribution is 2.67. The zero-order valence-corrected chi connectivity index (χ0v) is 22.4. The van der Waals surface area contributed by atoms with E-state index in [0.29, 0.717) is 40.9 Å². The lowest BCUT2D eigenvalue weighted by Crippen LogP contribution is -2.64. The van der Waals surface area contributed by atoms with Crippen molar-refractivity contribution in [3.8, 4) is 17.2 Å². The van der Waals surface area contributed by atoms with Gasteiger partial charge in [0.1, 0.15) is 0 Å². The first-order valence-electron chi connectivity index (χ1n) is 13.4. The van der Waals surface area contributed by atoms with Crippen molar-refractivity contribution in [1.29, 1.82) is 0 Å². The number of carbonyl (C=O) groups is 2. The molecule has 198 valence electrons. The summed E-state index contributed by atoms with van der Waals surface area (Å²) in [6, 6.07) is 3.95. The van der Waals surface area contributed by atoms with E-state index in [1.54, 1.807) is 21.3 Å². The molecule has 4 aliphatic rings. The van der Waals surface area contributed by atoms with Crippen LogP contribution in [0.4, 0.5) is 0 Å². The summed E-state index contributed by atoms with van der Waals surface area (Å²) in [5, 5.41) is 13.4. The lowest BCUT2D eigenvalue weighted by molar-refractivity contribution is -0.157. The Morgan fingerprint density at radius 2 is 1.64 bits per heavy atom. The van der Waals surface area contributed by atoms with Gasteiger partial charge in [0.25, 0.3) is 0 Å². The number of fused-ring (bicyclic) bond motifs is 5. The number of benzene rings is 1. The number of hydrogen-bond donors (Lipinski definition) is 2. The van der Waals surface area contributed by atoms with Gasteiger partial charge in [-0.1, -0.05) is 20.8 Å². The van der Waals surface area contributed by atoms with Crippen molar-refractivity contribution >= 4 is 11.9 Å². The average molecular weight is 500 g/mol. The van der Waals surface area contributed by atoms with Crippen LogP contribution in [0.5, 0.6) is 17.2 Å². The predicted molar refractivity (Wildman–Crippen MR) is 135 cm³/mol. The summed E-state index contributed by atoms with van der Waals surface area (Å²) in [7, 11) is 4.77. The molecule has 1 amide bonds. The number of hydrogen-bond acceptors (Lipinski definition) is 5. The fraction of sp³-hybridized carbons (Fsp3) is 0.724. The summed E-state index contributed by atoms with van der Waals surface area (Å²) in [6.07, 6.45) is 5.49. The Hall–Kier alpha value is -2.44. The van der Waals surface area contributed by atoms with Crippen LogP contribution in [0.25, 0.3) is 0 Å². The molecule has 0 radical (unpaired) electrons. The number of rotatable bonds is 5. The minimum Gasteiger partial charge on any atom is -0.493 e. The first-order valence-corrected chi connectivity index (χ1v) is 13.4. The van der Waals surface area contributed by atoms with Gasteiger partial charge in [-0.25, -0.2) is 0 Å². The number of nitrogens with one attached hydrogen (secondary N) is 1. The highest BCUT2D eigenvalue weighted by Gasteiger charge is 2.64. The van der Waals surface area contributed by atoms with Gasteiger partial charge in [0.15, 0.2) is 11.5 Å². The number of carboxylic acids is 1. The molecule has 5 rings (SSSR count). The van der Waals surface area contributed by atoms with Crippen LogP contribution in [-0.4, -0.2) is 44.4 Å². The maximum Gasteiger partial charge on any atom is 0.307 e. The third-order valence-electron chi connectivity index (χ3n) is 10.9. The van der Waals surface area contributed by atoms with Gasteiger partial charge in [0.2, 0.25) is 11.7 Å². The lowest BCUT2D eigenvalue weighted by Gasteiger charge is -2.62. The van der Waals surface area contributed by atoms with Crippen molar-refractivity contribution in [3.63, 3.8) is 0 Å². The van der Waals surface area contributed by atoms with Gasteiger partial charge in [-0.15, -0.1) is 0 Å². The summed E-state index contributed by atoms with van der Waals surface area (Å²) in [4.78, 5) is 25.6. The second-order valence-electron chi connectivity index (χ2n) is 12.3. The topological polar surface area (TPSA) is 94.1 Å². The van der Waals surface area contributed by atoms with Crippen LogP contribution in [0.2, 0.25) is 0 Å². The van der Waals surface area contributed by atoms with Crippen LogP contribution in [0.3, 0.4) is 0 Å². The molecule has 1 aromatic rings. The molecule has 4 fully saturated rings. The molecular weight excluding hydrogens is 458 g/mol. The second-order valence-corrected chi connectivity index (χ2v) is 12.3. The number of carboxylic acid groups (broad SMARTS) is 1. The van der Waals surface area contributed by atoms with E-state index in [9.17, 15) is 14.7 Å². The maximum absolute atomic E-state index is 13.5. The van der Waals surface area contributed by atoms with E-state index in [0.717, 1.165) is 44.1 Å². The smallest absolute Gasteiger partial charge is 0.307 e. The highest BCUT2D eigenvalue weighted by atomic mass is 16.5. The molecule has 9 atom stereocenters. The molecule has 0 aromatic heterocycles. The molecule has 3 aliphatic carbocycles. The molecule has 1 saturated heterocycles. The minimum absolute atomic E-state index is 0.0568. The monoisotopic (exact) mass is 499 g/mol. The number of ether oxygens (including phenoxy) is 3.